The summed E-state index contributed by atoms with van der Waals surface area (Å²) in [5.74, 6) is 0. The molecule has 0 amide bonds. The summed E-state index contributed by atoms with van der Waals surface area (Å²) in [6.07, 6.45) is 2.36. The molecule has 0 unspecified atom stereocenters. The topological polar surface area (TPSA) is 0 Å². The van der Waals surface area contributed by atoms with E-state index < -0.39 is 0 Å². The van der Waals surface area contributed by atoms with Crippen LogP contribution in [0.3, 0.4) is 0 Å². The van der Waals surface area contributed by atoms with Crippen LogP contribution in [0.25, 0.3) is 66.2 Å². The van der Waals surface area contributed by atoms with E-state index in [0.29, 0.717) is 0 Å². The third kappa shape index (κ3) is 3.46. The normalized spacial score (nSPS) is 13.3. The van der Waals surface area contributed by atoms with E-state index in [2.05, 4.69) is 147 Å². The van der Waals surface area contributed by atoms with Crippen LogP contribution in [0, 0.1) is 13.8 Å². The van der Waals surface area contributed by atoms with Gasteiger partial charge in [-0.15, -0.1) is 0 Å². The van der Waals surface area contributed by atoms with Gasteiger partial charge in [0.25, 0.3) is 0 Å². The van der Waals surface area contributed by atoms with Gasteiger partial charge in [-0.2, -0.15) is 0 Å². The van der Waals surface area contributed by atoms with Crippen LogP contribution >= 0.6 is 0 Å². The van der Waals surface area contributed by atoms with Crippen molar-refractivity contribution >= 4 is 44.0 Å². The molecule has 0 atom stereocenters. The van der Waals surface area contributed by atoms with Crippen LogP contribution in [-0.4, -0.2) is 0 Å². The second-order valence-corrected chi connectivity index (χ2v) is 11.1. The van der Waals surface area contributed by atoms with E-state index in [1.54, 1.807) is 0 Å². The van der Waals surface area contributed by atoms with Crippen molar-refractivity contribution < 1.29 is 0 Å². The molecular weight excluding hydrogens is 480 g/mol. The van der Waals surface area contributed by atoms with Crippen molar-refractivity contribution in [2.75, 3.05) is 0 Å². The molecule has 0 heterocycles. The second-order valence-electron chi connectivity index (χ2n) is 11.1. The largest absolute Gasteiger partial charge is 0.0616 e. The molecule has 0 saturated heterocycles. The standard InChI is InChI=1S/C40H28/c1-25-11-15-27(16-12-25)23-37-32-8-4-6-10-34(32)40-35(37)22-21-29-19-20-30-24-36(28-17-13-26(2)14-18-28)31-7-3-5-9-33(31)38(30)39(29)40/h3-24H,1-2H3/b37-23+. The van der Waals surface area contributed by atoms with Gasteiger partial charge in [-0.25, -0.2) is 0 Å². The molecule has 0 heteroatoms. The van der Waals surface area contributed by atoms with E-state index in [-0.39, 0.29) is 0 Å². The average Bonchev–Trinajstić information content (AvgIpc) is 3.31. The summed E-state index contributed by atoms with van der Waals surface area (Å²) >= 11 is 0. The molecule has 0 N–H and O–H groups in total. The van der Waals surface area contributed by atoms with Crippen LogP contribution in [0.4, 0.5) is 0 Å². The fraction of sp³-hybridized carbons (Fsp3) is 0.0500. The lowest BCUT2D eigenvalue weighted by molar-refractivity contribution is 1.46. The summed E-state index contributed by atoms with van der Waals surface area (Å²) in [6, 6.07) is 47.2. The molecule has 0 fully saturated rings. The summed E-state index contributed by atoms with van der Waals surface area (Å²) in [4.78, 5) is 0. The molecule has 8 rings (SSSR count). The first-order valence-electron chi connectivity index (χ1n) is 14.0. The van der Waals surface area contributed by atoms with E-state index in [1.807, 2.05) is 0 Å². The van der Waals surface area contributed by atoms with E-state index in [1.165, 1.54) is 88.0 Å². The minimum absolute atomic E-state index is 1.23. The zero-order valence-corrected chi connectivity index (χ0v) is 22.7. The van der Waals surface area contributed by atoms with Crippen molar-refractivity contribution in [1.29, 1.82) is 0 Å². The zero-order chi connectivity index (χ0) is 26.8. The molecular formula is C40H28. The Morgan fingerprint density at radius 1 is 0.450 bits per heavy atom. The molecule has 40 heavy (non-hydrogen) atoms. The molecule has 0 aliphatic heterocycles. The zero-order valence-electron chi connectivity index (χ0n) is 22.7. The Morgan fingerprint density at radius 3 is 1.85 bits per heavy atom. The Balaban J connectivity index is 1.49. The van der Waals surface area contributed by atoms with E-state index in [9.17, 15) is 0 Å². The third-order valence-corrected chi connectivity index (χ3v) is 8.53. The van der Waals surface area contributed by atoms with Gasteiger partial charge in [0.15, 0.2) is 0 Å². The minimum Gasteiger partial charge on any atom is -0.0616 e. The van der Waals surface area contributed by atoms with Crippen molar-refractivity contribution in [2.24, 2.45) is 0 Å². The van der Waals surface area contributed by atoms with Gasteiger partial charge >= 0.3 is 0 Å². The number of hydrogen-bond donors (Lipinski definition) is 0. The first-order valence-corrected chi connectivity index (χ1v) is 14.0. The molecule has 0 aromatic heterocycles. The third-order valence-electron chi connectivity index (χ3n) is 8.53. The van der Waals surface area contributed by atoms with Crippen LogP contribution in [0.2, 0.25) is 0 Å². The van der Waals surface area contributed by atoms with Crippen LogP contribution in [0.15, 0.2) is 127 Å². The molecule has 188 valence electrons. The maximum Gasteiger partial charge on any atom is -0.00139 e. The highest BCUT2D eigenvalue weighted by Crippen LogP contribution is 2.51. The fourth-order valence-electron chi connectivity index (χ4n) is 6.56. The van der Waals surface area contributed by atoms with Crippen molar-refractivity contribution in [2.45, 2.75) is 13.8 Å². The number of fused-ring (bicyclic) bond motifs is 9. The molecule has 1 aliphatic rings. The lowest BCUT2D eigenvalue weighted by atomic mass is 9.87. The summed E-state index contributed by atoms with van der Waals surface area (Å²) in [6.45, 7) is 4.29. The predicted molar refractivity (Wildman–Crippen MR) is 173 cm³/mol. The quantitative estimate of drug-likeness (QED) is 0.204. The maximum absolute atomic E-state index is 2.39. The number of hydrogen-bond acceptors (Lipinski definition) is 0. The van der Waals surface area contributed by atoms with Gasteiger partial charge in [0.05, 0.1) is 0 Å². The number of rotatable bonds is 2. The summed E-state index contributed by atoms with van der Waals surface area (Å²) in [5.41, 5.74) is 12.9. The summed E-state index contributed by atoms with van der Waals surface area (Å²) in [7, 11) is 0. The molecule has 0 saturated carbocycles. The Kier molecular flexibility index (Phi) is 5.06. The average molecular weight is 509 g/mol. The SMILES string of the molecule is Cc1ccc(/C=C2\c3ccccc3-c3c2ccc2ccc4cc(-c5ccc(C)cc5)c5ccccc5c4c32)cc1. The van der Waals surface area contributed by atoms with Gasteiger partial charge in [-0.05, 0) is 103 Å². The van der Waals surface area contributed by atoms with Gasteiger partial charge in [-0.1, -0.05) is 132 Å². The lowest BCUT2D eigenvalue weighted by Crippen LogP contribution is -1.89. The van der Waals surface area contributed by atoms with Gasteiger partial charge in [0.1, 0.15) is 0 Å². The van der Waals surface area contributed by atoms with Gasteiger partial charge in [0, 0.05) is 0 Å². The fourth-order valence-corrected chi connectivity index (χ4v) is 6.56. The Bertz CT molecular complexity index is 2140. The van der Waals surface area contributed by atoms with E-state index in [4.69, 9.17) is 0 Å². The Hall–Kier alpha value is -4.94. The van der Waals surface area contributed by atoms with Crippen molar-refractivity contribution in [1.82, 2.24) is 0 Å². The number of aryl methyl sites for hydroxylation is 2. The van der Waals surface area contributed by atoms with Crippen LogP contribution in [0.5, 0.6) is 0 Å². The molecule has 0 radical (unpaired) electrons. The molecule has 0 nitrogen and oxygen atoms in total. The van der Waals surface area contributed by atoms with Crippen LogP contribution in [0.1, 0.15) is 27.8 Å². The summed E-state index contributed by atoms with van der Waals surface area (Å²) < 4.78 is 0. The van der Waals surface area contributed by atoms with Gasteiger partial charge < -0.3 is 0 Å². The van der Waals surface area contributed by atoms with Crippen molar-refractivity contribution in [3.63, 3.8) is 0 Å². The molecule has 7 aromatic carbocycles. The Morgan fingerprint density at radius 2 is 1.07 bits per heavy atom. The maximum atomic E-state index is 2.39. The Labute approximate surface area is 234 Å². The van der Waals surface area contributed by atoms with Crippen molar-refractivity contribution in [3.05, 3.63) is 155 Å². The van der Waals surface area contributed by atoms with E-state index >= 15 is 0 Å². The van der Waals surface area contributed by atoms with Gasteiger partial charge in [0.2, 0.25) is 0 Å². The van der Waals surface area contributed by atoms with Gasteiger partial charge in [-0.3, -0.25) is 0 Å². The number of benzene rings is 7. The van der Waals surface area contributed by atoms with Crippen LogP contribution in [-0.2, 0) is 0 Å². The monoisotopic (exact) mass is 508 g/mol. The first-order chi connectivity index (χ1) is 19.7. The highest BCUT2D eigenvalue weighted by atomic mass is 14.3. The minimum atomic E-state index is 1.23. The lowest BCUT2D eigenvalue weighted by Gasteiger charge is -2.16. The predicted octanol–water partition coefficient (Wildman–Crippen LogP) is 11.0. The van der Waals surface area contributed by atoms with E-state index in [0.717, 1.165) is 0 Å². The summed E-state index contributed by atoms with van der Waals surface area (Å²) in [5, 5.41) is 7.86. The molecule has 0 spiro atoms. The molecule has 0 bridgehead atoms. The van der Waals surface area contributed by atoms with Crippen molar-refractivity contribution in [3.8, 4) is 22.3 Å². The molecule has 1 aliphatic carbocycles. The first kappa shape index (κ1) is 23.0. The molecule has 7 aromatic rings. The van der Waals surface area contributed by atoms with Crippen LogP contribution < -0.4 is 0 Å². The highest BCUT2D eigenvalue weighted by Gasteiger charge is 2.26. The highest BCUT2D eigenvalue weighted by molar-refractivity contribution is 6.29. The second kappa shape index (κ2) is 8.79. The smallest absolute Gasteiger partial charge is 0.00139 e.